The molecule has 1 atom stereocenters. The second-order valence-electron chi connectivity index (χ2n) is 5.49. The minimum Gasteiger partial charge on any atom is -0.481 e. The number of benzene rings is 1. The lowest BCUT2D eigenvalue weighted by Gasteiger charge is -2.18. The fourth-order valence-electron chi connectivity index (χ4n) is 2.73. The van der Waals surface area contributed by atoms with E-state index < -0.39 is 11.9 Å². The summed E-state index contributed by atoms with van der Waals surface area (Å²) in [7, 11) is 0. The number of aromatic nitrogens is 2. The van der Waals surface area contributed by atoms with Gasteiger partial charge in [0.05, 0.1) is 12.5 Å². The summed E-state index contributed by atoms with van der Waals surface area (Å²) in [5.74, 6) is -1.59. The minimum absolute atomic E-state index is 0.0939. The van der Waals surface area contributed by atoms with Crippen LogP contribution in [0, 0.1) is 5.92 Å². The first-order valence-corrected chi connectivity index (χ1v) is 7.18. The second kappa shape index (κ2) is 6.01. The number of carbonyl (C=O) groups excluding carboxylic acids is 1. The highest BCUT2D eigenvalue weighted by atomic mass is 16.4. The first-order valence-electron chi connectivity index (χ1n) is 7.18. The van der Waals surface area contributed by atoms with Crippen molar-refractivity contribution in [2.45, 2.75) is 19.5 Å². The van der Waals surface area contributed by atoms with Gasteiger partial charge in [-0.2, -0.15) is 5.10 Å². The summed E-state index contributed by atoms with van der Waals surface area (Å²) in [4.78, 5) is 24.6. The highest BCUT2D eigenvalue weighted by molar-refractivity contribution is 5.86. The molecule has 6 nitrogen and oxygen atoms in total. The number of carbonyl (C=O) groups is 2. The minimum atomic E-state index is -0.902. The molecule has 1 aliphatic rings. The molecule has 6 heteroatoms. The first-order chi connectivity index (χ1) is 10.6. The number of amides is 1. The van der Waals surface area contributed by atoms with Crippen molar-refractivity contribution in [2.75, 3.05) is 6.54 Å². The molecule has 2 heterocycles. The van der Waals surface area contributed by atoms with Gasteiger partial charge in [-0.3, -0.25) is 14.3 Å². The standard InChI is InChI=1S/C16H17N3O3/c20-15-8-14(16(21)22)10-18(15)9-12-4-1-2-5-13(12)11-19-7-3-6-17-19/h1-7,14H,8-11H2,(H,21,22). The first kappa shape index (κ1) is 14.3. The SMILES string of the molecule is O=C(O)C1CC(=O)N(Cc2ccccc2Cn2cccn2)C1. The van der Waals surface area contributed by atoms with E-state index in [4.69, 9.17) is 5.11 Å². The lowest BCUT2D eigenvalue weighted by Crippen LogP contribution is -2.26. The summed E-state index contributed by atoms with van der Waals surface area (Å²) >= 11 is 0. The van der Waals surface area contributed by atoms with E-state index in [2.05, 4.69) is 5.10 Å². The van der Waals surface area contributed by atoms with E-state index in [9.17, 15) is 9.59 Å². The van der Waals surface area contributed by atoms with Crippen LogP contribution >= 0.6 is 0 Å². The average molecular weight is 299 g/mol. The van der Waals surface area contributed by atoms with Gasteiger partial charge in [0.25, 0.3) is 0 Å². The molecule has 22 heavy (non-hydrogen) atoms. The van der Waals surface area contributed by atoms with Gasteiger partial charge in [-0.1, -0.05) is 24.3 Å². The fraction of sp³-hybridized carbons (Fsp3) is 0.312. The Hall–Kier alpha value is -2.63. The monoisotopic (exact) mass is 299 g/mol. The molecule has 0 spiro atoms. The molecule has 0 aliphatic carbocycles. The molecule has 1 aromatic heterocycles. The third-order valence-corrected chi connectivity index (χ3v) is 3.93. The molecule has 114 valence electrons. The third-order valence-electron chi connectivity index (χ3n) is 3.93. The Bertz CT molecular complexity index is 682. The van der Waals surface area contributed by atoms with E-state index in [1.807, 2.05) is 41.2 Å². The summed E-state index contributed by atoms with van der Waals surface area (Å²) in [5, 5.41) is 13.2. The maximum atomic E-state index is 12.0. The van der Waals surface area contributed by atoms with Crippen molar-refractivity contribution in [3.8, 4) is 0 Å². The Kier molecular flexibility index (Phi) is 3.91. The predicted molar refractivity (Wildman–Crippen MR) is 78.9 cm³/mol. The van der Waals surface area contributed by atoms with Crippen LogP contribution in [0.2, 0.25) is 0 Å². The smallest absolute Gasteiger partial charge is 0.308 e. The number of nitrogens with zero attached hydrogens (tertiary/aromatic N) is 3. The normalized spacial score (nSPS) is 17.9. The number of carboxylic acid groups (broad SMARTS) is 1. The van der Waals surface area contributed by atoms with Gasteiger partial charge in [-0.15, -0.1) is 0 Å². The second-order valence-corrected chi connectivity index (χ2v) is 5.49. The van der Waals surface area contributed by atoms with Crippen LogP contribution in [-0.2, 0) is 22.7 Å². The van der Waals surface area contributed by atoms with E-state index in [1.54, 1.807) is 11.1 Å². The molecule has 1 N–H and O–H groups in total. The number of carboxylic acids is 1. The summed E-state index contributed by atoms with van der Waals surface area (Å²) < 4.78 is 1.82. The molecule has 1 aliphatic heterocycles. The maximum absolute atomic E-state index is 12.0. The average Bonchev–Trinajstić information content (AvgIpc) is 3.12. The summed E-state index contributed by atoms with van der Waals surface area (Å²) in [6, 6.07) is 9.72. The Morgan fingerprint density at radius 3 is 2.55 bits per heavy atom. The topological polar surface area (TPSA) is 75.4 Å². The highest BCUT2D eigenvalue weighted by Crippen LogP contribution is 2.22. The van der Waals surface area contributed by atoms with E-state index >= 15 is 0 Å². The van der Waals surface area contributed by atoms with Gasteiger partial charge in [-0.05, 0) is 17.2 Å². The van der Waals surface area contributed by atoms with Gasteiger partial charge < -0.3 is 10.0 Å². The predicted octanol–water partition coefficient (Wildman–Crippen LogP) is 1.36. The van der Waals surface area contributed by atoms with Crippen LogP contribution in [0.4, 0.5) is 0 Å². The maximum Gasteiger partial charge on any atom is 0.308 e. The largest absolute Gasteiger partial charge is 0.481 e. The summed E-state index contributed by atoms with van der Waals surface area (Å²) in [5.41, 5.74) is 2.11. The van der Waals surface area contributed by atoms with Crippen LogP contribution in [-0.4, -0.2) is 38.2 Å². The summed E-state index contributed by atoms with van der Waals surface area (Å²) in [6.07, 6.45) is 3.71. The summed E-state index contributed by atoms with van der Waals surface area (Å²) in [6.45, 7) is 1.36. The zero-order chi connectivity index (χ0) is 15.5. The van der Waals surface area contributed by atoms with E-state index in [-0.39, 0.29) is 18.9 Å². The molecule has 1 unspecified atom stereocenters. The Morgan fingerprint density at radius 2 is 1.95 bits per heavy atom. The van der Waals surface area contributed by atoms with E-state index in [0.29, 0.717) is 13.1 Å². The molecule has 1 aromatic carbocycles. The zero-order valence-corrected chi connectivity index (χ0v) is 12.1. The van der Waals surface area contributed by atoms with Crippen molar-refractivity contribution >= 4 is 11.9 Å². The third kappa shape index (κ3) is 3.00. The van der Waals surface area contributed by atoms with Crippen molar-refractivity contribution in [3.63, 3.8) is 0 Å². The zero-order valence-electron chi connectivity index (χ0n) is 12.1. The molecule has 2 aromatic rings. The lowest BCUT2D eigenvalue weighted by atomic mass is 10.1. The van der Waals surface area contributed by atoms with E-state index in [1.165, 1.54) is 0 Å². The lowest BCUT2D eigenvalue weighted by molar-refractivity contribution is -0.141. The van der Waals surface area contributed by atoms with Crippen molar-refractivity contribution in [3.05, 3.63) is 53.9 Å². The number of likely N-dealkylation sites (tertiary alicyclic amines) is 1. The Labute approximate surface area is 128 Å². The van der Waals surface area contributed by atoms with Gasteiger partial charge in [0.15, 0.2) is 0 Å². The van der Waals surface area contributed by atoms with Crippen LogP contribution in [0.1, 0.15) is 17.5 Å². The Morgan fingerprint density at radius 1 is 1.23 bits per heavy atom. The van der Waals surface area contributed by atoms with Crippen LogP contribution in [0.3, 0.4) is 0 Å². The van der Waals surface area contributed by atoms with Crippen molar-refractivity contribution in [2.24, 2.45) is 5.92 Å². The van der Waals surface area contributed by atoms with Crippen LogP contribution in [0.15, 0.2) is 42.7 Å². The molecular weight excluding hydrogens is 282 g/mol. The molecule has 1 fully saturated rings. The molecule has 1 amide bonds. The van der Waals surface area contributed by atoms with Crippen LogP contribution in [0.5, 0.6) is 0 Å². The fourth-order valence-corrected chi connectivity index (χ4v) is 2.73. The van der Waals surface area contributed by atoms with Gasteiger partial charge in [-0.25, -0.2) is 0 Å². The van der Waals surface area contributed by atoms with Gasteiger partial charge in [0.2, 0.25) is 5.91 Å². The number of aliphatic carboxylic acids is 1. The van der Waals surface area contributed by atoms with Crippen LogP contribution < -0.4 is 0 Å². The molecule has 0 bridgehead atoms. The molecule has 0 radical (unpaired) electrons. The Balaban J connectivity index is 1.75. The molecule has 0 saturated carbocycles. The molecular formula is C16H17N3O3. The highest BCUT2D eigenvalue weighted by Gasteiger charge is 2.34. The number of hydrogen-bond acceptors (Lipinski definition) is 3. The number of hydrogen-bond donors (Lipinski definition) is 1. The molecule has 3 rings (SSSR count). The quantitative estimate of drug-likeness (QED) is 0.904. The molecule has 1 saturated heterocycles. The van der Waals surface area contributed by atoms with Crippen molar-refractivity contribution in [1.82, 2.24) is 14.7 Å². The van der Waals surface area contributed by atoms with Crippen molar-refractivity contribution in [1.29, 1.82) is 0 Å². The van der Waals surface area contributed by atoms with Gasteiger partial charge in [0, 0.05) is 31.9 Å². The van der Waals surface area contributed by atoms with Crippen molar-refractivity contribution < 1.29 is 14.7 Å². The van der Waals surface area contributed by atoms with Gasteiger partial charge >= 0.3 is 5.97 Å². The van der Waals surface area contributed by atoms with Gasteiger partial charge in [0.1, 0.15) is 0 Å². The number of rotatable bonds is 5. The van der Waals surface area contributed by atoms with E-state index in [0.717, 1.165) is 11.1 Å². The van der Waals surface area contributed by atoms with Crippen LogP contribution in [0.25, 0.3) is 0 Å².